The molecular weight excluding hydrogens is 777 g/mol. The molecule has 4 saturated heterocycles. The Morgan fingerprint density at radius 3 is 2.35 bits per heavy atom. The lowest BCUT2D eigenvalue weighted by atomic mass is 9.57. The molecule has 2 aromatic heterocycles. The van der Waals surface area contributed by atoms with Crippen LogP contribution in [-0.4, -0.2) is 108 Å². The number of rotatable bonds is 16. The molecule has 0 radical (unpaired) electrons. The molecule has 1 saturated carbocycles. The second-order valence-corrected chi connectivity index (χ2v) is 19.9. The van der Waals surface area contributed by atoms with Crippen LogP contribution in [-0.2, 0) is 6.54 Å². The average Bonchev–Trinajstić information content (AvgIpc) is 3.97. The Balaban J connectivity index is 0.757. The lowest BCUT2D eigenvalue weighted by molar-refractivity contribution is -0.0342. The van der Waals surface area contributed by atoms with Gasteiger partial charge in [-0.1, -0.05) is 38.1 Å². The first kappa shape index (κ1) is 44.2. The number of aromatic hydroxyl groups is 1. The Kier molecular flexibility index (Phi) is 14.2. The summed E-state index contributed by atoms with van der Waals surface area (Å²) >= 11 is 0. The molecule has 5 aliphatic rings. The number of para-hydroxylation sites is 1. The fourth-order valence-corrected chi connectivity index (χ4v) is 10.9. The number of likely N-dealkylation sites (tertiary alicyclic amines) is 2. The number of nitrogens with zero attached hydrogens (tertiary/aromatic N) is 6. The van der Waals surface area contributed by atoms with E-state index >= 15 is 0 Å². The Morgan fingerprint density at radius 2 is 1.66 bits per heavy atom. The summed E-state index contributed by atoms with van der Waals surface area (Å²) in [4.78, 5) is 14.7. The second kappa shape index (κ2) is 19.9. The van der Waals surface area contributed by atoms with Gasteiger partial charge in [0.25, 0.3) is 0 Å². The van der Waals surface area contributed by atoms with E-state index in [1.807, 2.05) is 24.4 Å². The fourth-order valence-electron chi connectivity index (χ4n) is 10.9. The fraction of sp³-hybridized carbons (Fsp3) is 0.633. The van der Waals surface area contributed by atoms with E-state index < -0.39 is 0 Å². The molecule has 0 amide bonds. The number of benzene rings is 1. The summed E-state index contributed by atoms with van der Waals surface area (Å²) in [5.41, 5.74) is 22.4. The zero-order chi connectivity index (χ0) is 43.2. The van der Waals surface area contributed by atoms with Gasteiger partial charge in [-0.05, 0) is 137 Å². The van der Waals surface area contributed by atoms with Crippen LogP contribution in [0.5, 0.6) is 11.6 Å². The molecular formula is C49H74N10O3. The van der Waals surface area contributed by atoms with Crippen molar-refractivity contribution in [3.63, 3.8) is 0 Å². The Bertz CT molecular complexity index is 1960. The van der Waals surface area contributed by atoms with Crippen molar-refractivity contribution in [2.24, 2.45) is 40.4 Å². The van der Waals surface area contributed by atoms with Gasteiger partial charge in [-0.25, -0.2) is 4.98 Å². The molecule has 1 aliphatic carbocycles. The van der Waals surface area contributed by atoms with E-state index in [1.54, 1.807) is 24.3 Å². The van der Waals surface area contributed by atoms with Crippen LogP contribution in [0.15, 0.2) is 70.8 Å². The zero-order valence-electron chi connectivity index (χ0n) is 37.7. The lowest BCUT2D eigenvalue weighted by Crippen LogP contribution is -2.51. The minimum absolute atomic E-state index is 0.110. The first-order valence-corrected chi connectivity index (χ1v) is 23.8. The highest BCUT2D eigenvalue weighted by atomic mass is 16.5. The molecule has 1 spiro atoms. The lowest BCUT2D eigenvalue weighted by Gasteiger charge is -2.54. The number of anilines is 1. The summed E-state index contributed by atoms with van der Waals surface area (Å²) in [6.07, 6.45) is 16.0. The van der Waals surface area contributed by atoms with Crippen molar-refractivity contribution in [2.75, 3.05) is 70.3 Å². The van der Waals surface area contributed by atoms with E-state index in [1.165, 1.54) is 64.7 Å². The Morgan fingerprint density at radius 1 is 0.935 bits per heavy atom. The summed E-state index contributed by atoms with van der Waals surface area (Å²) in [6, 6.07) is 13.6. The monoisotopic (exact) mass is 851 g/mol. The molecule has 6 heterocycles. The van der Waals surface area contributed by atoms with Crippen LogP contribution in [0.2, 0.25) is 0 Å². The van der Waals surface area contributed by atoms with Crippen molar-refractivity contribution < 1.29 is 14.4 Å². The van der Waals surface area contributed by atoms with Gasteiger partial charge < -0.3 is 56.5 Å². The minimum atomic E-state index is 0.110. The third-order valence-corrected chi connectivity index (χ3v) is 15.0. The number of phenols is 1. The van der Waals surface area contributed by atoms with Crippen LogP contribution in [0.25, 0.3) is 5.70 Å². The van der Waals surface area contributed by atoms with Gasteiger partial charge in [0.1, 0.15) is 23.4 Å². The van der Waals surface area contributed by atoms with Crippen LogP contribution >= 0.6 is 0 Å². The summed E-state index contributed by atoms with van der Waals surface area (Å²) < 4.78 is 12.3. The number of nitrogens with one attached hydrogen (secondary N) is 1. The van der Waals surface area contributed by atoms with Crippen LogP contribution in [0.3, 0.4) is 0 Å². The Hall–Kier alpha value is -4.46. The first-order chi connectivity index (χ1) is 30.0. The van der Waals surface area contributed by atoms with Crippen LogP contribution in [0, 0.1) is 23.2 Å². The smallest absolute Gasteiger partial charge is 0.213 e. The highest BCUT2D eigenvalue weighted by Crippen LogP contribution is 2.53. The Labute approximate surface area is 370 Å². The molecule has 2 unspecified atom stereocenters. The topological polar surface area (TPSA) is 171 Å². The molecule has 2 atom stereocenters. The molecule has 338 valence electrons. The molecule has 13 nitrogen and oxygen atoms in total. The van der Waals surface area contributed by atoms with Gasteiger partial charge in [-0.2, -0.15) is 0 Å². The van der Waals surface area contributed by atoms with E-state index in [0.717, 1.165) is 87.4 Å². The van der Waals surface area contributed by atoms with E-state index in [2.05, 4.69) is 61.9 Å². The molecule has 5 fully saturated rings. The largest absolute Gasteiger partial charge is 0.507 e. The maximum atomic E-state index is 10.5. The van der Waals surface area contributed by atoms with Crippen molar-refractivity contribution in [1.82, 2.24) is 30.2 Å². The standard InChI is InChI=1S/C49H74N10O3/c1-34(2)35(3)45-27-46(55-62-45)58-21-11-36(12-22-58)30-57-23-15-49(16-24-57)28-38(29-49)31-56-19-13-40(14-20-56)61-47-25-37(10-18-54-47)32-59(33-39-7-6-17-53-39)43(48(51)52)26-42(50)41-8-4-5-9-44(41)60/h4-5,8-10,18,25-27,34-36,38-40,53,60H,6-7,11-17,19-24,28-33,50-52H2,1-3H3/b42-26-. The van der Waals surface area contributed by atoms with Gasteiger partial charge in [0.15, 0.2) is 5.82 Å². The van der Waals surface area contributed by atoms with Crippen molar-refractivity contribution >= 4 is 11.5 Å². The van der Waals surface area contributed by atoms with Crippen LogP contribution in [0.4, 0.5) is 5.82 Å². The number of phenolic OH excluding ortho intramolecular Hbond substituents is 1. The van der Waals surface area contributed by atoms with Gasteiger partial charge in [-0.15, -0.1) is 0 Å². The number of hydrogen-bond acceptors (Lipinski definition) is 13. The van der Waals surface area contributed by atoms with Crippen LogP contribution in [0.1, 0.15) is 108 Å². The van der Waals surface area contributed by atoms with Crippen molar-refractivity contribution in [1.29, 1.82) is 0 Å². The molecule has 8 N–H and O–H groups in total. The number of piperidine rings is 3. The summed E-state index contributed by atoms with van der Waals surface area (Å²) in [6.45, 7) is 18.3. The van der Waals surface area contributed by atoms with Crippen LogP contribution < -0.4 is 32.2 Å². The molecule has 8 rings (SSSR count). The number of ether oxygens (including phenoxy) is 1. The molecule has 62 heavy (non-hydrogen) atoms. The second-order valence-electron chi connectivity index (χ2n) is 19.9. The summed E-state index contributed by atoms with van der Waals surface area (Å²) in [5.74, 6) is 5.55. The maximum Gasteiger partial charge on any atom is 0.213 e. The third kappa shape index (κ3) is 11.0. The number of pyridine rings is 1. The molecule has 13 heteroatoms. The number of allylic oxidation sites excluding steroid dienone is 1. The number of hydrogen-bond donors (Lipinski definition) is 5. The van der Waals surface area contributed by atoms with Crippen molar-refractivity contribution in [3.8, 4) is 11.6 Å². The van der Waals surface area contributed by atoms with Gasteiger partial charge in [0.05, 0.1) is 5.70 Å². The first-order valence-electron chi connectivity index (χ1n) is 23.8. The van der Waals surface area contributed by atoms with Gasteiger partial charge in [0, 0.05) is 93.9 Å². The predicted molar refractivity (Wildman–Crippen MR) is 247 cm³/mol. The SMILES string of the molecule is CC(C)C(C)c1cc(N2CCC(CN3CCC4(CC3)CC(CN3CCC(Oc5cc(CN(CC6CCCN6)C(/C=C(\N)c6ccccc6O)=C(N)N)ccn5)CC3)C4)CC2)no1. The van der Waals surface area contributed by atoms with E-state index in [-0.39, 0.29) is 17.7 Å². The summed E-state index contributed by atoms with van der Waals surface area (Å²) in [5, 5.41) is 18.5. The number of nitrogens with two attached hydrogens (primary N) is 3. The third-order valence-electron chi connectivity index (χ3n) is 15.0. The van der Waals surface area contributed by atoms with Crippen molar-refractivity contribution in [2.45, 2.75) is 110 Å². The highest BCUT2D eigenvalue weighted by Gasteiger charge is 2.46. The molecule has 3 aromatic rings. The van der Waals surface area contributed by atoms with Gasteiger partial charge in [0.2, 0.25) is 5.88 Å². The maximum absolute atomic E-state index is 10.5. The van der Waals surface area contributed by atoms with Gasteiger partial charge >= 0.3 is 0 Å². The van der Waals surface area contributed by atoms with Gasteiger partial charge in [-0.3, -0.25) is 0 Å². The molecule has 4 aliphatic heterocycles. The highest BCUT2D eigenvalue weighted by molar-refractivity contribution is 5.70. The van der Waals surface area contributed by atoms with E-state index in [9.17, 15) is 5.11 Å². The zero-order valence-corrected chi connectivity index (χ0v) is 37.7. The predicted octanol–water partition coefficient (Wildman–Crippen LogP) is 6.43. The average molecular weight is 851 g/mol. The quantitative estimate of drug-likeness (QED) is 0.100. The normalized spacial score (nSPS) is 22.5. The molecule has 0 bridgehead atoms. The minimum Gasteiger partial charge on any atom is -0.507 e. The van der Waals surface area contributed by atoms with Crippen molar-refractivity contribution in [3.05, 3.63) is 83.1 Å². The van der Waals surface area contributed by atoms with E-state index in [0.29, 0.717) is 59.2 Å². The summed E-state index contributed by atoms with van der Waals surface area (Å²) in [7, 11) is 0. The number of aromatic nitrogens is 2. The van der Waals surface area contributed by atoms with E-state index in [4.69, 9.17) is 26.5 Å². The molecule has 1 aromatic carbocycles.